The van der Waals surface area contributed by atoms with Gasteiger partial charge in [-0.1, -0.05) is 13.8 Å². The minimum Gasteiger partial charge on any atom is -0.469 e. The number of amides is 1. The molecule has 0 N–H and O–H groups in total. The Balaban J connectivity index is 2.75. The first-order chi connectivity index (χ1) is 8.57. The van der Waals surface area contributed by atoms with Crippen molar-refractivity contribution in [1.29, 1.82) is 0 Å². The summed E-state index contributed by atoms with van der Waals surface area (Å²) in [5.41, 5.74) is -0.684. The Bertz CT molecular complexity index is 357. The molecule has 0 aliphatic carbocycles. The van der Waals surface area contributed by atoms with Crippen LogP contribution in [0.5, 0.6) is 0 Å². The largest absolute Gasteiger partial charge is 0.469 e. The number of ether oxygens (including phenoxy) is 2. The number of nitrogens with zero attached hydrogens (tertiary/aromatic N) is 1. The average Bonchev–Trinajstić information content (AvgIpc) is 2.25. The minimum atomic E-state index is -0.523. The molecule has 1 unspecified atom stereocenters. The highest BCUT2D eigenvalue weighted by Gasteiger charge is 2.42. The molecule has 0 aromatic rings. The van der Waals surface area contributed by atoms with Gasteiger partial charge in [-0.2, -0.15) is 0 Å². The maximum atomic E-state index is 12.0. The molecule has 0 aromatic carbocycles. The van der Waals surface area contributed by atoms with Gasteiger partial charge in [0.15, 0.2) is 0 Å². The molecule has 0 saturated carbocycles. The number of hydrogen-bond donors (Lipinski definition) is 0. The Morgan fingerprint density at radius 1 is 1.26 bits per heavy atom. The second-order valence-electron chi connectivity index (χ2n) is 6.74. The van der Waals surface area contributed by atoms with Crippen LogP contribution in [0.3, 0.4) is 0 Å². The van der Waals surface area contributed by atoms with Gasteiger partial charge in [-0.25, -0.2) is 4.79 Å². The lowest BCUT2D eigenvalue weighted by Crippen LogP contribution is -2.51. The first-order valence-electron chi connectivity index (χ1n) is 6.62. The Labute approximate surface area is 115 Å². The van der Waals surface area contributed by atoms with Crippen molar-refractivity contribution in [3.63, 3.8) is 0 Å². The third kappa shape index (κ3) is 4.11. The predicted molar refractivity (Wildman–Crippen MR) is 71.7 cm³/mol. The van der Waals surface area contributed by atoms with Crippen LogP contribution in [0.4, 0.5) is 4.79 Å². The molecule has 1 amide bonds. The van der Waals surface area contributed by atoms with Gasteiger partial charge in [0.05, 0.1) is 13.0 Å². The molecule has 0 spiro atoms. The predicted octanol–water partition coefficient (Wildman–Crippen LogP) is 2.44. The van der Waals surface area contributed by atoms with E-state index >= 15 is 0 Å². The zero-order chi connectivity index (χ0) is 14.8. The number of carbonyl (C=O) groups is 2. The molecule has 1 aliphatic heterocycles. The maximum absolute atomic E-state index is 12.0. The Morgan fingerprint density at radius 2 is 1.84 bits per heavy atom. The number of hydrogen-bond acceptors (Lipinski definition) is 4. The number of piperidine rings is 1. The molecular weight excluding hydrogens is 246 g/mol. The fourth-order valence-corrected chi connectivity index (χ4v) is 2.18. The molecule has 5 heteroatoms. The molecule has 1 fully saturated rings. The van der Waals surface area contributed by atoms with Gasteiger partial charge in [0.2, 0.25) is 0 Å². The van der Waals surface area contributed by atoms with Crippen molar-refractivity contribution in [2.24, 2.45) is 11.3 Å². The normalized spacial score (nSPS) is 22.8. The molecule has 5 nitrogen and oxygen atoms in total. The van der Waals surface area contributed by atoms with E-state index in [0.29, 0.717) is 13.1 Å². The number of methoxy groups -OCH3 is 1. The van der Waals surface area contributed by atoms with Gasteiger partial charge in [0.25, 0.3) is 0 Å². The lowest BCUT2D eigenvalue weighted by Gasteiger charge is -2.42. The fraction of sp³-hybridized carbons (Fsp3) is 0.857. The van der Waals surface area contributed by atoms with E-state index in [9.17, 15) is 9.59 Å². The summed E-state index contributed by atoms with van der Waals surface area (Å²) >= 11 is 0. The van der Waals surface area contributed by atoms with E-state index in [1.165, 1.54) is 7.11 Å². The monoisotopic (exact) mass is 271 g/mol. The zero-order valence-corrected chi connectivity index (χ0v) is 12.8. The first kappa shape index (κ1) is 15.8. The van der Waals surface area contributed by atoms with Gasteiger partial charge in [0.1, 0.15) is 5.60 Å². The van der Waals surface area contributed by atoms with Crippen LogP contribution in [0, 0.1) is 11.3 Å². The highest BCUT2D eigenvalue weighted by Crippen LogP contribution is 2.36. The zero-order valence-electron chi connectivity index (χ0n) is 12.8. The van der Waals surface area contributed by atoms with Crippen molar-refractivity contribution in [2.45, 2.75) is 46.6 Å². The molecule has 1 saturated heterocycles. The topological polar surface area (TPSA) is 55.8 Å². The lowest BCUT2D eigenvalue weighted by atomic mass is 9.73. The van der Waals surface area contributed by atoms with Crippen LogP contribution in [0.25, 0.3) is 0 Å². The summed E-state index contributed by atoms with van der Waals surface area (Å²) in [6.07, 6.45) is 0.392. The number of esters is 1. The lowest BCUT2D eigenvalue weighted by molar-refractivity contribution is -0.152. The van der Waals surface area contributed by atoms with Gasteiger partial charge < -0.3 is 14.4 Å². The summed E-state index contributed by atoms with van der Waals surface area (Å²) in [5.74, 6) is -0.572. The number of rotatable bonds is 1. The smallest absolute Gasteiger partial charge is 0.410 e. The molecule has 1 atom stereocenters. The van der Waals surface area contributed by atoms with Gasteiger partial charge in [-0.15, -0.1) is 0 Å². The second kappa shape index (κ2) is 5.39. The van der Waals surface area contributed by atoms with E-state index in [2.05, 4.69) is 0 Å². The molecule has 0 aromatic heterocycles. The van der Waals surface area contributed by atoms with E-state index in [-0.39, 0.29) is 23.4 Å². The van der Waals surface area contributed by atoms with Crippen LogP contribution in [0.15, 0.2) is 0 Å². The molecule has 0 bridgehead atoms. The molecule has 19 heavy (non-hydrogen) atoms. The minimum absolute atomic E-state index is 0.161. The van der Waals surface area contributed by atoms with Crippen molar-refractivity contribution in [1.82, 2.24) is 4.90 Å². The molecule has 1 aliphatic rings. The van der Waals surface area contributed by atoms with Crippen LogP contribution in [0.2, 0.25) is 0 Å². The Morgan fingerprint density at radius 3 is 2.32 bits per heavy atom. The van der Waals surface area contributed by atoms with E-state index < -0.39 is 5.60 Å². The SMILES string of the molecule is COC(=O)C1CN(C(=O)OC(C)(C)C)CCC1(C)C. The average molecular weight is 271 g/mol. The quantitative estimate of drug-likeness (QED) is 0.687. The second-order valence-corrected chi connectivity index (χ2v) is 6.74. The van der Waals surface area contributed by atoms with Crippen molar-refractivity contribution < 1.29 is 19.1 Å². The van der Waals surface area contributed by atoms with Crippen LogP contribution in [-0.2, 0) is 14.3 Å². The molecule has 110 valence electrons. The molecular formula is C14H25NO4. The Hall–Kier alpha value is -1.26. The summed E-state index contributed by atoms with van der Waals surface area (Å²) in [6, 6.07) is 0. The first-order valence-corrected chi connectivity index (χ1v) is 6.62. The van der Waals surface area contributed by atoms with Crippen molar-refractivity contribution in [2.75, 3.05) is 20.2 Å². The van der Waals surface area contributed by atoms with E-state index in [1.54, 1.807) is 4.90 Å². The Kier molecular flexibility index (Phi) is 4.48. The molecule has 0 radical (unpaired) electrons. The van der Waals surface area contributed by atoms with Gasteiger partial charge in [0, 0.05) is 13.1 Å². The van der Waals surface area contributed by atoms with Crippen LogP contribution < -0.4 is 0 Å². The van der Waals surface area contributed by atoms with Gasteiger partial charge in [-0.3, -0.25) is 4.79 Å². The van der Waals surface area contributed by atoms with Crippen molar-refractivity contribution in [3.05, 3.63) is 0 Å². The highest BCUT2D eigenvalue weighted by molar-refractivity contribution is 5.75. The summed E-state index contributed by atoms with van der Waals surface area (Å²) in [4.78, 5) is 25.5. The molecule has 1 heterocycles. The third-order valence-electron chi connectivity index (χ3n) is 3.51. The van der Waals surface area contributed by atoms with E-state index in [1.807, 2.05) is 34.6 Å². The summed E-state index contributed by atoms with van der Waals surface area (Å²) in [6.45, 7) is 10.5. The standard InChI is InChI=1S/C14H25NO4/c1-13(2,3)19-12(17)15-8-7-14(4,5)10(9-15)11(16)18-6/h10H,7-9H2,1-6H3. The third-order valence-corrected chi connectivity index (χ3v) is 3.51. The number of likely N-dealkylation sites (tertiary alicyclic amines) is 1. The molecule has 1 rings (SSSR count). The van der Waals surface area contributed by atoms with Gasteiger partial charge >= 0.3 is 12.1 Å². The highest BCUT2D eigenvalue weighted by atomic mass is 16.6. The van der Waals surface area contributed by atoms with Crippen molar-refractivity contribution >= 4 is 12.1 Å². The van der Waals surface area contributed by atoms with E-state index in [4.69, 9.17) is 9.47 Å². The van der Waals surface area contributed by atoms with E-state index in [0.717, 1.165) is 6.42 Å². The maximum Gasteiger partial charge on any atom is 0.410 e. The van der Waals surface area contributed by atoms with Gasteiger partial charge in [-0.05, 0) is 32.6 Å². The summed E-state index contributed by atoms with van der Waals surface area (Å²) < 4.78 is 10.2. The summed E-state index contributed by atoms with van der Waals surface area (Å²) in [7, 11) is 1.38. The number of carbonyl (C=O) groups excluding carboxylic acids is 2. The van der Waals surface area contributed by atoms with Crippen molar-refractivity contribution in [3.8, 4) is 0 Å². The van der Waals surface area contributed by atoms with Crippen LogP contribution >= 0.6 is 0 Å². The summed E-state index contributed by atoms with van der Waals surface area (Å²) in [5, 5.41) is 0. The fourth-order valence-electron chi connectivity index (χ4n) is 2.18. The van der Waals surface area contributed by atoms with Crippen LogP contribution in [-0.4, -0.2) is 42.8 Å². The van der Waals surface area contributed by atoms with Crippen LogP contribution in [0.1, 0.15) is 41.0 Å².